The Balaban J connectivity index is 2.05. The second-order valence-corrected chi connectivity index (χ2v) is 4.45. The molecule has 2 rings (SSSR count). The maximum atomic E-state index is 9.02. The lowest BCUT2D eigenvalue weighted by Crippen LogP contribution is -2.29. The molecular formula is C15H17BO5. The summed E-state index contributed by atoms with van der Waals surface area (Å²) >= 11 is 0. The molecule has 2 aromatic carbocycles. The molecule has 0 saturated carbocycles. The number of hydrogen-bond donors (Lipinski definition) is 2. The molecule has 0 aliphatic heterocycles. The molecule has 0 unspecified atom stereocenters. The van der Waals surface area contributed by atoms with Gasteiger partial charge in [-0.05, 0) is 35.3 Å². The van der Waals surface area contributed by atoms with Crippen LogP contribution in [0.5, 0.6) is 17.2 Å². The second kappa shape index (κ2) is 7.01. The van der Waals surface area contributed by atoms with Crippen LogP contribution in [0.4, 0.5) is 0 Å². The molecule has 0 bridgehead atoms. The SMILES string of the molecule is COc1cc(COc2ccc(B(O)O)cc2)cc(OC)c1. The van der Waals surface area contributed by atoms with E-state index in [1.54, 1.807) is 44.6 Å². The molecule has 0 spiro atoms. The summed E-state index contributed by atoms with van der Waals surface area (Å²) in [4.78, 5) is 0. The largest absolute Gasteiger partial charge is 0.497 e. The Morgan fingerprint density at radius 3 is 1.90 bits per heavy atom. The van der Waals surface area contributed by atoms with E-state index in [0.717, 1.165) is 5.56 Å². The lowest BCUT2D eigenvalue weighted by atomic mass is 9.80. The molecule has 0 atom stereocenters. The lowest BCUT2D eigenvalue weighted by molar-refractivity contribution is 0.304. The molecule has 21 heavy (non-hydrogen) atoms. The van der Waals surface area contributed by atoms with Crippen molar-refractivity contribution < 1.29 is 24.3 Å². The van der Waals surface area contributed by atoms with Crippen LogP contribution in [0.25, 0.3) is 0 Å². The van der Waals surface area contributed by atoms with Gasteiger partial charge in [0.05, 0.1) is 14.2 Å². The quantitative estimate of drug-likeness (QED) is 0.775. The summed E-state index contributed by atoms with van der Waals surface area (Å²) in [5, 5.41) is 18.0. The zero-order chi connectivity index (χ0) is 15.2. The van der Waals surface area contributed by atoms with Crippen molar-refractivity contribution >= 4 is 12.6 Å². The third-order valence-electron chi connectivity index (χ3n) is 2.99. The molecule has 0 aliphatic carbocycles. The highest BCUT2D eigenvalue weighted by atomic mass is 16.5. The third kappa shape index (κ3) is 4.14. The van der Waals surface area contributed by atoms with Crippen molar-refractivity contribution in [2.75, 3.05) is 14.2 Å². The number of ether oxygens (including phenoxy) is 3. The fourth-order valence-electron chi connectivity index (χ4n) is 1.85. The van der Waals surface area contributed by atoms with E-state index in [1.165, 1.54) is 0 Å². The summed E-state index contributed by atoms with van der Waals surface area (Å²) < 4.78 is 16.1. The highest BCUT2D eigenvalue weighted by Crippen LogP contribution is 2.23. The maximum absolute atomic E-state index is 9.02. The Kier molecular flexibility index (Phi) is 5.08. The van der Waals surface area contributed by atoms with Gasteiger partial charge in [-0.25, -0.2) is 0 Å². The van der Waals surface area contributed by atoms with E-state index in [9.17, 15) is 0 Å². The Morgan fingerprint density at radius 1 is 0.857 bits per heavy atom. The summed E-state index contributed by atoms with van der Waals surface area (Å²) in [6.07, 6.45) is 0. The van der Waals surface area contributed by atoms with Crippen LogP contribution in [0.15, 0.2) is 42.5 Å². The van der Waals surface area contributed by atoms with Gasteiger partial charge in [0.2, 0.25) is 0 Å². The van der Waals surface area contributed by atoms with Crippen LogP contribution in [0.2, 0.25) is 0 Å². The Bertz CT molecular complexity index is 561. The molecule has 2 N–H and O–H groups in total. The summed E-state index contributed by atoms with van der Waals surface area (Å²) in [7, 11) is 1.72. The predicted molar refractivity (Wildman–Crippen MR) is 80.1 cm³/mol. The first-order valence-electron chi connectivity index (χ1n) is 6.43. The number of rotatable bonds is 6. The first-order chi connectivity index (χ1) is 10.1. The molecule has 0 aromatic heterocycles. The molecule has 0 aliphatic rings. The average Bonchev–Trinajstić information content (AvgIpc) is 2.52. The van der Waals surface area contributed by atoms with Crippen molar-refractivity contribution in [3.05, 3.63) is 48.0 Å². The van der Waals surface area contributed by atoms with Gasteiger partial charge >= 0.3 is 7.12 Å². The zero-order valence-corrected chi connectivity index (χ0v) is 11.9. The zero-order valence-electron chi connectivity index (χ0n) is 11.9. The van der Waals surface area contributed by atoms with Gasteiger partial charge in [-0.15, -0.1) is 0 Å². The van der Waals surface area contributed by atoms with Gasteiger partial charge in [-0.1, -0.05) is 12.1 Å². The van der Waals surface area contributed by atoms with Crippen molar-refractivity contribution in [2.24, 2.45) is 0 Å². The number of benzene rings is 2. The molecule has 110 valence electrons. The summed E-state index contributed by atoms with van der Waals surface area (Å²) in [5.41, 5.74) is 1.34. The Hall–Kier alpha value is -2.18. The van der Waals surface area contributed by atoms with Crippen LogP contribution in [-0.2, 0) is 6.61 Å². The number of hydrogen-bond acceptors (Lipinski definition) is 5. The normalized spacial score (nSPS) is 10.1. The van der Waals surface area contributed by atoms with Gasteiger partial charge in [0.1, 0.15) is 23.9 Å². The molecule has 5 nitrogen and oxygen atoms in total. The first kappa shape index (κ1) is 15.2. The van der Waals surface area contributed by atoms with Crippen molar-refractivity contribution in [3.63, 3.8) is 0 Å². The van der Waals surface area contributed by atoms with E-state index in [4.69, 9.17) is 24.3 Å². The highest BCUT2D eigenvalue weighted by molar-refractivity contribution is 6.58. The van der Waals surface area contributed by atoms with Crippen molar-refractivity contribution in [1.82, 2.24) is 0 Å². The van der Waals surface area contributed by atoms with Crippen LogP contribution < -0.4 is 19.7 Å². The molecule has 6 heteroatoms. The first-order valence-corrected chi connectivity index (χ1v) is 6.43. The minimum Gasteiger partial charge on any atom is -0.497 e. The van der Waals surface area contributed by atoms with E-state index in [1.807, 2.05) is 12.1 Å². The van der Waals surface area contributed by atoms with E-state index in [0.29, 0.717) is 29.3 Å². The van der Waals surface area contributed by atoms with E-state index < -0.39 is 7.12 Å². The Labute approximate surface area is 123 Å². The molecule has 0 amide bonds. The Morgan fingerprint density at radius 2 is 1.43 bits per heavy atom. The lowest BCUT2D eigenvalue weighted by Gasteiger charge is -2.10. The molecule has 0 fully saturated rings. The van der Waals surface area contributed by atoms with Crippen molar-refractivity contribution in [2.45, 2.75) is 6.61 Å². The average molecular weight is 288 g/mol. The van der Waals surface area contributed by atoms with Gasteiger partial charge < -0.3 is 24.3 Å². The van der Waals surface area contributed by atoms with Gasteiger partial charge in [0, 0.05) is 6.07 Å². The van der Waals surface area contributed by atoms with Crippen LogP contribution in [0.1, 0.15) is 5.56 Å². The topological polar surface area (TPSA) is 68.2 Å². The minimum absolute atomic E-state index is 0.356. The summed E-state index contributed by atoms with van der Waals surface area (Å²) in [6, 6.07) is 12.1. The van der Waals surface area contributed by atoms with Gasteiger partial charge in [0.15, 0.2) is 0 Å². The predicted octanol–water partition coefficient (Wildman–Crippen LogP) is 0.963. The molecule has 2 aromatic rings. The van der Waals surface area contributed by atoms with E-state index in [2.05, 4.69) is 0 Å². The molecule has 0 saturated heterocycles. The van der Waals surface area contributed by atoms with Gasteiger partial charge in [-0.3, -0.25) is 0 Å². The third-order valence-corrected chi connectivity index (χ3v) is 2.99. The summed E-state index contributed by atoms with van der Waals surface area (Å²) in [6.45, 7) is 0.356. The van der Waals surface area contributed by atoms with Gasteiger partial charge in [0.25, 0.3) is 0 Å². The number of methoxy groups -OCH3 is 2. The maximum Gasteiger partial charge on any atom is 0.488 e. The highest BCUT2D eigenvalue weighted by Gasteiger charge is 2.10. The van der Waals surface area contributed by atoms with Crippen LogP contribution in [-0.4, -0.2) is 31.4 Å². The minimum atomic E-state index is -1.47. The van der Waals surface area contributed by atoms with Crippen LogP contribution in [0.3, 0.4) is 0 Å². The van der Waals surface area contributed by atoms with Crippen molar-refractivity contribution in [3.8, 4) is 17.2 Å². The van der Waals surface area contributed by atoms with Gasteiger partial charge in [-0.2, -0.15) is 0 Å². The van der Waals surface area contributed by atoms with E-state index in [-0.39, 0.29) is 0 Å². The molecular weight excluding hydrogens is 271 g/mol. The summed E-state index contributed by atoms with van der Waals surface area (Å²) in [5.74, 6) is 2.04. The standard InChI is InChI=1S/C15H17BO5/c1-19-14-7-11(8-15(9-14)20-2)10-21-13-5-3-12(4-6-13)16(17)18/h3-9,17-18H,10H2,1-2H3. The molecule has 0 heterocycles. The smallest absolute Gasteiger partial charge is 0.488 e. The fraction of sp³-hybridized carbons (Fsp3) is 0.200. The van der Waals surface area contributed by atoms with Crippen LogP contribution >= 0.6 is 0 Å². The van der Waals surface area contributed by atoms with Crippen molar-refractivity contribution in [1.29, 1.82) is 0 Å². The second-order valence-electron chi connectivity index (χ2n) is 4.45. The fourth-order valence-corrected chi connectivity index (χ4v) is 1.85. The molecule has 0 radical (unpaired) electrons. The van der Waals surface area contributed by atoms with E-state index >= 15 is 0 Å². The monoisotopic (exact) mass is 288 g/mol. The van der Waals surface area contributed by atoms with Crippen LogP contribution in [0, 0.1) is 0 Å².